The Kier molecular flexibility index (Phi) is 1.96. The summed E-state index contributed by atoms with van der Waals surface area (Å²) >= 11 is 0. The summed E-state index contributed by atoms with van der Waals surface area (Å²) in [6, 6.07) is 4.96. The Labute approximate surface area is 80.4 Å². The summed E-state index contributed by atoms with van der Waals surface area (Å²) in [6.45, 7) is 1.70. The van der Waals surface area contributed by atoms with Crippen molar-refractivity contribution in [3.63, 3.8) is 0 Å². The highest BCUT2D eigenvalue weighted by molar-refractivity contribution is 5.59. The minimum Gasteiger partial charge on any atom is -0.432 e. The number of aromatic nitrogens is 1. The Hall–Kier alpha value is -1.84. The van der Waals surface area contributed by atoms with Crippen molar-refractivity contribution >= 4 is 6.01 Å². The smallest absolute Gasteiger partial charge is 0.292 e. The Bertz CT molecular complexity index is 465. The number of nitrogens with zero attached hydrogens (tertiary/aromatic N) is 1. The number of oxazole rings is 1. The zero-order valence-electron chi connectivity index (χ0n) is 7.62. The van der Waals surface area contributed by atoms with E-state index in [0.29, 0.717) is 16.8 Å². The molecule has 1 heterocycles. The molecule has 0 saturated carbocycles. The molecule has 72 valence electrons. The van der Waals surface area contributed by atoms with Crippen molar-refractivity contribution in [1.82, 2.24) is 4.98 Å². The third-order valence-corrected chi connectivity index (χ3v) is 1.99. The molecule has 4 heteroatoms. The van der Waals surface area contributed by atoms with Crippen molar-refractivity contribution in [1.29, 1.82) is 0 Å². The molecule has 0 atom stereocenters. The van der Waals surface area contributed by atoms with Crippen LogP contribution in [-0.2, 0) is 0 Å². The van der Waals surface area contributed by atoms with Crippen LogP contribution in [0.2, 0.25) is 0 Å². The Morgan fingerprint density at radius 2 is 2.21 bits per heavy atom. The van der Waals surface area contributed by atoms with Crippen LogP contribution in [0, 0.1) is 12.7 Å². The molecule has 1 aromatic carbocycles. The minimum absolute atomic E-state index is 0.0842. The Morgan fingerprint density at radius 3 is 2.79 bits per heavy atom. The second-order valence-corrected chi connectivity index (χ2v) is 3.03. The summed E-state index contributed by atoms with van der Waals surface area (Å²) in [5, 5.41) is 0. The lowest BCUT2D eigenvalue weighted by Crippen LogP contribution is -1.86. The molecule has 0 bridgehead atoms. The number of benzene rings is 1. The number of rotatable bonds is 1. The third-order valence-electron chi connectivity index (χ3n) is 1.99. The first-order valence-electron chi connectivity index (χ1n) is 4.14. The molecular weight excluding hydrogens is 183 g/mol. The van der Waals surface area contributed by atoms with Crippen LogP contribution >= 0.6 is 0 Å². The van der Waals surface area contributed by atoms with Crippen molar-refractivity contribution in [3.8, 4) is 11.3 Å². The number of hydrogen-bond acceptors (Lipinski definition) is 3. The summed E-state index contributed by atoms with van der Waals surface area (Å²) in [5.41, 5.74) is 7.12. The maximum atomic E-state index is 13.2. The predicted molar refractivity (Wildman–Crippen MR) is 51.0 cm³/mol. The first-order chi connectivity index (χ1) is 6.66. The molecular formula is C10H9FN2O. The van der Waals surface area contributed by atoms with Gasteiger partial charge in [0.15, 0.2) is 0 Å². The van der Waals surface area contributed by atoms with Gasteiger partial charge in [-0.15, -0.1) is 0 Å². The van der Waals surface area contributed by atoms with Crippen LogP contribution in [-0.4, -0.2) is 4.98 Å². The predicted octanol–water partition coefficient (Wildman–Crippen LogP) is 2.37. The maximum absolute atomic E-state index is 13.2. The van der Waals surface area contributed by atoms with Crippen LogP contribution in [0.5, 0.6) is 0 Å². The SMILES string of the molecule is Cc1ccc(-c2coc(N)n2)cc1F. The Balaban J connectivity index is 2.47. The summed E-state index contributed by atoms with van der Waals surface area (Å²) in [4.78, 5) is 3.90. The first-order valence-corrected chi connectivity index (χ1v) is 4.14. The van der Waals surface area contributed by atoms with Gasteiger partial charge in [0, 0.05) is 5.56 Å². The number of anilines is 1. The molecule has 0 aliphatic rings. The first kappa shape index (κ1) is 8.74. The van der Waals surface area contributed by atoms with E-state index >= 15 is 0 Å². The van der Waals surface area contributed by atoms with Gasteiger partial charge in [-0.3, -0.25) is 0 Å². The number of nitrogen functional groups attached to an aromatic ring is 1. The number of aryl methyl sites for hydroxylation is 1. The maximum Gasteiger partial charge on any atom is 0.292 e. The molecule has 0 saturated heterocycles. The highest BCUT2D eigenvalue weighted by atomic mass is 19.1. The molecule has 2 rings (SSSR count). The highest BCUT2D eigenvalue weighted by Gasteiger charge is 2.05. The van der Waals surface area contributed by atoms with E-state index in [1.54, 1.807) is 19.1 Å². The zero-order chi connectivity index (χ0) is 10.1. The van der Waals surface area contributed by atoms with Crippen molar-refractivity contribution in [2.45, 2.75) is 6.92 Å². The van der Waals surface area contributed by atoms with E-state index in [9.17, 15) is 4.39 Å². The van der Waals surface area contributed by atoms with E-state index in [4.69, 9.17) is 10.2 Å². The number of nitrogens with two attached hydrogens (primary N) is 1. The lowest BCUT2D eigenvalue weighted by atomic mass is 10.1. The lowest BCUT2D eigenvalue weighted by molar-refractivity contribution is 0.581. The molecule has 0 aliphatic carbocycles. The summed E-state index contributed by atoms with van der Waals surface area (Å²) in [6.07, 6.45) is 1.40. The van der Waals surface area contributed by atoms with Gasteiger partial charge in [-0.2, -0.15) is 4.98 Å². The van der Waals surface area contributed by atoms with Gasteiger partial charge in [0.25, 0.3) is 6.01 Å². The van der Waals surface area contributed by atoms with Crippen molar-refractivity contribution in [3.05, 3.63) is 35.8 Å². The third kappa shape index (κ3) is 1.46. The molecule has 0 aliphatic heterocycles. The average molecular weight is 192 g/mol. The molecule has 2 N–H and O–H groups in total. The number of hydrogen-bond donors (Lipinski definition) is 1. The topological polar surface area (TPSA) is 52.0 Å². The largest absolute Gasteiger partial charge is 0.432 e. The standard InChI is InChI=1S/C10H9FN2O/c1-6-2-3-7(4-8(6)11)9-5-14-10(12)13-9/h2-5H,1H3,(H2,12,13). The monoisotopic (exact) mass is 192 g/mol. The quantitative estimate of drug-likeness (QED) is 0.754. The van der Waals surface area contributed by atoms with Crippen LogP contribution in [0.4, 0.5) is 10.4 Å². The van der Waals surface area contributed by atoms with E-state index in [0.717, 1.165) is 0 Å². The molecule has 0 spiro atoms. The van der Waals surface area contributed by atoms with Crippen LogP contribution < -0.4 is 5.73 Å². The van der Waals surface area contributed by atoms with Crippen molar-refractivity contribution in [2.24, 2.45) is 0 Å². The summed E-state index contributed by atoms with van der Waals surface area (Å²) in [5.74, 6) is -0.260. The minimum atomic E-state index is -0.260. The average Bonchev–Trinajstić information content (AvgIpc) is 2.57. The number of halogens is 1. The molecule has 0 unspecified atom stereocenters. The summed E-state index contributed by atoms with van der Waals surface area (Å²) < 4.78 is 18.0. The van der Waals surface area contributed by atoms with Gasteiger partial charge in [0.05, 0.1) is 0 Å². The van der Waals surface area contributed by atoms with Crippen LogP contribution in [0.1, 0.15) is 5.56 Å². The molecule has 0 amide bonds. The van der Waals surface area contributed by atoms with Gasteiger partial charge >= 0.3 is 0 Å². The fourth-order valence-corrected chi connectivity index (χ4v) is 1.17. The summed E-state index contributed by atoms with van der Waals surface area (Å²) in [7, 11) is 0. The van der Waals surface area contributed by atoms with Crippen molar-refractivity contribution in [2.75, 3.05) is 5.73 Å². The van der Waals surface area contributed by atoms with E-state index in [1.165, 1.54) is 12.3 Å². The van der Waals surface area contributed by atoms with Gasteiger partial charge in [-0.1, -0.05) is 12.1 Å². The van der Waals surface area contributed by atoms with Crippen LogP contribution in [0.15, 0.2) is 28.9 Å². The molecule has 3 nitrogen and oxygen atoms in total. The van der Waals surface area contributed by atoms with E-state index in [-0.39, 0.29) is 11.8 Å². The highest BCUT2D eigenvalue weighted by Crippen LogP contribution is 2.21. The van der Waals surface area contributed by atoms with Gasteiger partial charge in [-0.25, -0.2) is 4.39 Å². The fraction of sp³-hybridized carbons (Fsp3) is 0.100. The van der Waals surface area contributed by atoms with Gasteiger partial charge < -0.3 is 10.2 Å². The van der Waals surface area contributed by atoms with Crippen LogP contribution in [0.3, 0.4) is 0 Å². The molecule has 1 aromatic heterocycles. The van der Waals surface area contributed by atoms with E-state index in [2.05, 4.69) is 4.98 Å². The van der Waals surface area contributed by atoms with Crippen LogP contribution in [0.25, 0.3) is 11.3 Å². The molecule has 0 radical (unpaired) electrons. The van der Waals surface area contributed by atoms with E-state index in [1.807, 2.05) is 0 Å². The molecule has 14 heavy (non-hydrogen) atoms. The van der Waals surface area contributed by atoms with Gasteiger partial charge in [-0.05, 0) is 18.6 Å². The van der Waals surface area contributed by atoms with E-state index < -0.39 is 0 Å². The lowest BCUT2D eigenvalue weighted by Gasteiger charge is -1.98. The van der Waals surface area contributed by atoms with Crippen molar-refractivity contribution < 1.29 is 8.81 Å². The second kappa shape index (κ2) is 3.14. The second-order valence-electron chi connectivity index (χ2n) is 3.03. The Morgan fingerprint density at radius 1 is 1.43 bits per heavy atom. The normalized spacial score (nSPS) is 10.4. The fourth-order valence-electron chi connectivity index (χ4n) is 1.17. The molecule has 0 fully saturated rings. The van der Waals surface area contributed by atoms with Gasteiger partial charge in [0.1, 0.15) is 17.8 Å². The zero-order valence-corrected chi connectivity index (χ0v) is 7.62. The molecule has 2 aromatic rings. The van der Waals surface area contributed by atoms with Gasteiger partial charge in [0.2, 0.25) is 0 Å².